The first-order valence-corrected chi connectivity index (χ1v) is 7.45. The molecule has 0 aliphatic heterocycles. The fourth-order valence-corrected chi connectivity index (χ4v) is 2.33. The summed E-state index contributed by atoms with van der Waals surface area (Å²) in [7, 11) is 2.01. The van der Waals surface area contributed by atoms with E-state index in [1.165, 1.54) is 10.9 Å². The highest BCUT2D eigenvalue weighted by Crippen LogP contribution is 2.17. The minimum Gasteiger partial charge on any atom is -0.316 e. The molecule has 0 aliphatic rings. The van der Waals surface area contributed by atoms with E-state index in [1.54, 1.807) is 0 Å². The molecule has 1 aromatic carbocycles. The van der Waals surface area contributed by atoms with Gasteiger partial charge in [0.15, 0.2) is 0 Å². The maximum Gasteiger partial charge on any atom is 0.0740 e. The fraction of sp³-hybridized carbons (Fsp3) is 0.471. The number of benzene rings is 1. The average Bonchev–Trinajstić information content (AvgIpc) is 2.75. The van der Waals surface area contributed by atoms with Crippen molar-refractivity contribution in [2.24, 2.45) is 13.0 Å². The van der Waals surface area contributed by atoms with Gasteiger partial charge in [-0.2, -0.15) is 5.10 Å². The van der Waals surface area contributed by atoms with E-state index in [-0.39, 0.29) is 0 Å². The molecule has 3 nitrogen and oxygen atoms in total. The Bertz CT molecular complexity index is 567. The molecule has 108 valence electrons. The van der Waals surface area contributed by atoms with E-state index in [1.807, 2.05) is 11.7 Å². The molecule has 0 aliphatic carbocycles. The SMILES string of the molecule is CC(C)CNCCC=CCc1nn(C)c2ccccc12. The molecule has 0 spiro atoms. The highest BCUT2D eigenvalue weighted by atomic mass is 15.3. The van der Waals surface area contributed by atoms with Gasteiger partial charge >= 0.3 is 0 Å². The molecular weight excluding hydrogens is 246 g/mol. The van der Waals surface area contributed by atoms with E-state index in [2.05, 4.69) is 60.7 Å². The Morgan fingerprint density at radius 3 is 2.85 bits per heavy atom. The number of nitrogens with one attached hydrogen (secondary N) is 1. The van der Waals surface area contributed by atoms with Crippen molar-refractivity contribution in [3.63, 3.8) is 0 Å². The number of fused-ring (bicyclic) bond motifs is 1. The summed E-state index contributed by atoms with van der Waals surface area (Å²) in [6, 6.07) is 8.40. The van der Waals surface area contributed by atoms with Crippen LogP contribution in [-0.4, -0.2) is 22.9 Å². The predicted octanol–water partition coefficient (Wildman–Crippen LogP) is 3.31. The standard InChI is InChI=1S/C17H25N3/c1-14(2)13-18-12-8-4-5-10-16-15-9-6-7-11-17(15)20(3)19-16/h4-7,9,11,14,18H,8,10,12-13H2,1-3H3. The van der Waals surface area contributed by atoms with Crippen LogP contribution in [0.3, 0.4) is 0 Å². The van der Waals surface area contributed by atoms with Crippen LogP contribution in [0, 0.1) is 5.92 Å². The number of allylic oxidation sites excluding steroid dienone is 1. The Labute approximate surface area is 121 Å². The molecule has 0 fully saturated rings. The highest BCUT2D eigenvalue weighted by Gasteiger charge is 2.05. The van der Waals surface area contributed by atoms with Crippen LogP contribution in [0.15, 0.2) is 36.4 Å². The minimum absolute atomic E-state index is 0.721. The number of para-hydroxylation sites is 1. The smallest absolute Gasteiger partial charge is 0.0740 e. The van der Waals surface area contributed by atoms with Crippen LogP contribution in [0.5, 0.6) is 0 Å². The van der Waals surface area contributed by atoms with E-state index in [4.69, 9.17) is 0 Å². The summed E-state index contributed by atoms with van der Waals surface area (Å²) in [5.41, 5.74) is 2.36. The minimum atomic E-state index is 0.721. The monoisotopic (exact) mass is 271 g/mol. The lowest BCUT2D eigenvalue weighted by Gasteiger charge is -2.04. The van der Waals surface area contributed by atoms with Crippen molar-refractivity contribution >= 4 is 10.9 Å². The summed E-state index contributed by atoms with van der Waals surface area (Å²) < 4.78 is 1.96. The summed E-state index contributed by atoms with van der Waals surface area (Å²) in [4.78, 5) is 0. The molecule has 1 heterocycles. The van der Waals surface area contributed by atoms with E-state index < -0.39 is 0 Å². The molecule has 0 unspecified atom stereocenters. The van der Waals surface area contributed by atoms with Gasteiger partial charge in [-0.05, 0) is 31.5 Å². The molecule has 20 heavy (non-hydrogen) atoms. The van der Waals surface area contributed by atoms with Crippen molar-refractivity contribution in [2.45, 2.75) is 26.7 Å². The lowest BCUT2D eigenvalue weighted by molar-refractivity contribution is 0.556. The number of nitrogens with zero attached hydrogens (tertiary/aromatic N) is 2. The summed E-state index contributed by atoms with van der Waals surface area (Å²) >= 11 is 0. The van der Waals surface area contributed by atoms with Gasteiger partial charge in [-0.1, -0.05) is 44.2 Å². The number of rotatable bonds is 7. The predicted molar refractivity (Wildman–Crippen MR) is 85.9 cm³/mol. The van der Waals surface area contributed by atoms with Gasteiger partial charge in [-0.3, -0.25) is 4.68 Å². The van der Waals surface area contributed by atoms with E-state index in [0.717, 1.165) is 37.5 Å². The van der Waals surface area contributed by atoms with Crippen LogP contribution < -0.4 is 5.32 Å². The topological polar surface area (TPSA) is 29.9 Å². The molecule has 3 heteroatoms. The Hall–Kier alpha value is -1.61. The quantitative estimate of drug-likeness (QED) is 0.618. The van der Waals surface area contributed by atoms with Crippen LogP contribution in [-0.2, 0) is 13.5 Å². The van der Waals surface area contributed by atoms with Gasteiger partial charge in [-0.25, -0.2) is 0 Å². The van der Waals surface area contributed by atoms with Gasteiger partial charge < -0.3 is 5.32 Å². The molecule has 0 amide bonds. The number of aromatic nitrogens is 2. The first-order valence-electron chi connectivity index (χ1n) is 7.45. The Balaban J connectivity index is 1.84. The molecular formula is C17H25N3. The maximum absolute atomic E-state index is 4.60. The van der Waals surface area contributed by atoms with Gasteiger partial charge in [0.05, 0.1) is 11.2 Å². The lowest BCUT2D eigenvalue weighted by Crippen LogP contribution is -2.20. The van der Waals surface area contributed by atoms with Gasteiger partial charge in [0.2, 0.25) is 0 Å². The first kappa shape index (κ1) is 14.8. The summed E-state index contributed by atoms with van der Waals surface area (Å²) in [5.74, 6) is 0.721. The van der Waals surface area contributed by atoms with Gasteiger partial charge in [0, 0.05) is 18.9 Å². The molecule has 1 aromatic heterocycles. The largest absolute Gasteiger partial charge is 0.316 e. The van der Waals surface area contributed by atoms with Crippen molar-refractivity contribution in [3.05, 3.63) is 42.1 Å². The van der Waals surface area contributed by atoms with Crippen molar-refractivity contribution in [1.82, 2.24) is 15.1 Å². The zero-order chi connectivity index (χ0) is 14.4. The fourth-order valence-electron chi connectivity index (χ4n) is 2.33. The third-order valence-electron chi connectivity index (χ3n) is 3.35. The van der Waals surface area contributed by atoms with Gasteiger partial charge in [0.25, 0.3) is 0 Å². The van der Waals surface area contributed by atoms with Crippen molar-refractivity contribution in [2.75, 3.05) is 13.1 Å². The third kappa shape index (κ3) is 3.94. The van der Waals surface area contributed by atoms with Crippen molar-refractivity contribution in [1.29, 1.82) is 0 Å². The van der Waals surface area contributed by atoms with Gasteiger partial charge in [0.1, 0.15) is 0 Å². The normalized spacial score (nSPS) is 12.0. The molecule has 0 saturated heterocycles. The highest BCUT2D eigenvalue weighted by molar-refractivity contribution is 5.81. The van der Waals surface area contributed by atoms with Crippen LogP contribution in [0.2, 0.25) is 0 Å². The number of aryl methyl sites for hydroxylation is 1. The summed E-state index contributed by atoms with van der Waals surface area (Å²) in [6.07, 6.45) is 6.46. The number of hydrogen-bond acceptors (Lipinski definition) is 2. The molecule has 0 saturated carbocycles. The van der Waals surface area contributed by atoms with Crippen LogP contribution in [0.25, 0.3) is 10.9 Å². The molecule has 2 rings (SSSR count). The van der Waals surface area contributed by atoms with E-state index in [9.17, 15) is 0 Å². The van der Waals surface area contributed by atoms with E-state index >= 15 is 0 Å². The molecule has 1 N–H and O–H groups in total. The van der Waals surface area contributed by atoms with Gasteiger partial charge in [-0.15, -0.1) is 0 Å². The lowest BCUT2D eigenvalue weighted by atomic mass is 10.1. The second-order valence-electron chi connectivity index (χ2n) is 5.65. The summed E-state index contributed by atoms with van der Waals surface area (Å²) in [5, 5.41) is 9.30. The van der Waals surface area contributed by atoms with Crippen molar-refractivity contribution < 1.29 is 0 Å². The van der Waals surface area contributed by atoms with Crippen LogP contribution in [0.1, 0.15) is 26.0 Å². The Kier molecular flexibility index (Phi) is 5.36. The zero-order valence-corrected chi connectivity index (χ0v) is 12.8. The molecule has 2 aromatic rings. The zero-order valence-electron chi connectivity index (χ0n) is 12.8. The van der Waals surface area contributed by atoms with E-state index in [0.29, 0.717) is 0 Å². The molecule has 0 bridgehead atoms. The second-order valence-corrected chi connectivity index (χ2v) is 5.65. The third-order valence-corrected chi connectivity index (χ3v) is 3.35. The number of hydrogen-bond donors (Lipinski definition) is 1. The van der Waals surface area contributed by atoms with Crippen LogP contribution >= 0.6 is 0 Å². The summed E-state index contributed by atoms with van der Waals surface area (Å²) in [6.45, 7) is 6.61. The molecule has 0 radical (unpaired) electrons. The Morgan fingerprint density at radius 1 is 1.25 bits per heavy atom. The Morgan fingerprint density at radius 2 is 2.05 bits per heavy atom. The van der Waals surface area contributed by atoms with Crippen molar-refractivity contribution in [3.8, 4) is 0 Å². The average molecular weight is 271 g/mol. The molecule has 0 atom stereocenters. The first-order chi connectivity index (χ1) is 9.68. The van der Waals surface area contributed by atoms with Crippen LogP contribution in [0.4, 0.5) is 0 Å². The maximum atomic E-state index is 4.60. The second kappa shape index (κ2) is 7.25.